The van der Waals surface area contributed by atoms with Crippen LogP contribution in [0, 0.1) is 0 Å². The lowest BCUT2D eigenvalue weighted by atomic mass is 10.2. The third-order valence-electron chi connectivity index (χ3n) is 2.67. The number of nitrogens with one attached hydrogen (secondary N) is 1. The summed E-state index contributed by atoms with van der Waals surface area (Å²) in [4.78, 5) is 21.8. The van der Waals surface area contributed by atoms with Crippen molar-refractivity contribution in [3.05, 3.63) is 30.3 Å². The second kappa shape index (κ2) is 10.1. The number of carboxylic acids is 1. The minimum Gasteiger partial charge on any atom is -0.494 e. The van der Waals surface area contributed by atoms with E-state index in [1.165, 1.54) is 6.92 Å². The molecule has 0 heterocycles. The third kappa shape index (κ3) is 8.24. The molecule has 1 rings (SSSR count). The molecule has 1 atom stereocenters. The molecule has 0 aliphatic heterocycles. The first-order valence-corrected chi connectivity index (χ1v) is 8.00. The maximum Gasteiger partial charge on any atom is 0.326 e. The first-order valence-electron chi connectivity index (χ1n) is 6.85. The van der Waals surface area contributed by atoms with Gasteiger partial charge in [-0.25, -0.2) is 4.79 Å². The largest absolute Gasteiger partial charge is 0.494 e. The van der Waals surface area contributed by atoms with Gasteiger partial charge in [0.1, 0.15) is 11.8 Å². The maximum atomic E-state index is 10.9. The van der Waals surface area contributed by atoms with Crippen LogP contribution in [0.2, 0.25) is 0 Å². The lowest BCUT2D eigenvalue weighted by Gasteiger charge is -2.12. The van der Waals surface area contributed by atoms with E-state index in [4.69, 9.17) is 9.84 Å². The molecule has 6 heteroatoms. The molecule has 21 heavy (non-hydrogen) atoms. The number of carboxylic acid groups (broad SMARTS) is 1. The van der Waals surface area contributed by atoms with E-state index in [2.05, 4.69) is 5.32 Å². The van der Waals surface area contributed by atoms with Crippen LogP contribution in [-0.2, 0) is 9.59 Å². The van der Waals surface area contributed by atoms with Gasteiger partial charge in [0, 0.05) is 6.92 Å². The average molecular weight is 311 g/mol. The highest BCUT2D eigenvalue weighted by Crippen LogP contribution is 2.11. The molecule has 0 spiro atoms. The van der Waals surface area contributed by atoms with Gasteiger partial charge in [-0.1, -0.05) is 18.2 Å². The number of thioether (sulfide) groups is 1. The summed E-state index contributed by atoms with van der Waals surface area (Å²) in [7, 11) is 0. The lowest BCUT2D eigenvalue weighted by molar-refractivity contribution is -0.141. The molecule has 0 saturated carbocycles. The molecule has 1 amide bonds. The smallest absolute Gasteiger partial charge is 0.326 e. The fraction of sp³-hybridized carbons (Fsp3) is 0.467. The van der Waals surface area contributed by atoms with E-state index in [-0.39, 0.29) is 5.91 Å². The third-order valence-corrected chi connectivity index (χ3v) is 3.77. The van der Waals surface area contributed by atoms with Crippen molar-refractivity contribution < 1.29 is 19.4 Å². The van der Waals surface area contributed by atoms with Crippen LogP contribution < -0.4 is 10.1 Å². The summed E-state index contributed by atoms with van der Waals surface area (Å²) in [5.74, 6) is 1.16. The Labute approximate surface area is 129 Å². The Morgan fingerprint density at radius 1 is 1.29 bits per heavy atom. The number of amides is 1. The van der Waals surface area contributed by atoms with Crippen molar-refractivity contribution in [2.24, 2.45) is 0 Å². The highest BCUT2D eigenvalue weighted by molar-refractivity contribution is 7.99. The number of carbonyl (C=O) groups is 2. The van der Waals surface area contributed by atoms with E-state index >= 15 is 0 Å². The van der Waals surface area contributed by atoms with Gasteiger partial charge in [-0.3, -0.25) is 4.79 Å². The van der Waals surface area contributed by atoms with E-state index in [0.717, 1.165) is 17.9 Å². The monoisotopic (exact) mass is 311 g/mol. The summed E-state index contributed by atoms with van der Waals surface area (Å²) >= 11 is 1.67. The van der Waals surface area contributed by atoms with Crippen molar-refractivity contribution in [1.82, 2.24) is 5.32 Å². The Morgan fingerprint density at radius 3 is 2.62 bits per heavy atom. The van der Waals surface area contributed by atoms with Gasteiger partial charge in [0.15, 0.2) is 0 Å². The maximum absolute atomic E-state index is 10.9. The number of carbonyl (C=O) groups excluding carboxylic acids is 1. The molecule has 0 radical (unpaired) electrons. The number of hydrogen-bond donors (Lipinski definition) is 2. The van der Waals surface area contributed by atoms with Crippen LogP contribution in [0.5, 0.6) is 5.75 Å². The first kappa shape index (κ1) is 17.4. The van der Waals surface area contributed by atoms with Crippen molar-refractivity contribution in [2.75, 3.05) is 18.1 Å². The van der Waals surface area contributed by atoms with Crippen LogP contribution in [0.1, 0.15) is 19.8 Å². The summed E-state index contributed by atoms with van der Waals surface area (Å²) in [5.41, 5.74) is 0. The summed E-state index contributed by atoms with van der Waals surface area (Å²) in [6, 6.07) is 8.83. The molecule has 1 aromatic carbocycles. The molecule has 0 aliphatic rings. The van der Waals surface area contributed by atoms with Gasteiger partial charge in [0.25, 0.3) is 0 Å². The Balaban J connectivity index is 2.05. The van der Waals surface area contributed by atoms with Crippen molar-refractivity contribution in [1.29, 1.82) is 0 Å². The van der Waals surface area contributed by atoms with Gasteiger partial charge >= 0.3 is 5.97 Å². The zero-order valence-electron chi connectivity index (χ0n) is 12.1. The number of aliphatic carboxylic acids is 1. The van der Waals surface area contributed by atoms with E-state index < -0.39 is 12.0 Å². The molecule has 0 aliphatic carbocycles. The number of para-hydroxylation sites is 1. The van der Waals surface area contributed by atoms with E-state index in [9.17, 15) is 9.59 Å². The fourth-order valence-corrected chi connectivity index (χ4v) is 2.60. The normalized spacial score (nSPS) is 11.7. The van der Waals surface area contributed by atoms with Crippen LogP contribution in [0.25, 0.3) is 0 Å². The van der Waals surface area contributed by atoms with Crippen LogP contribution >= 0.6 is 11.8 Å². The molecule has 2 N–H and O–H groups in total. The Kier molecular flexibility index (Phi) is 8.35. The average Bonchev–Trinajstić information content (AvgIpc) is 2.45. The summed E-state index contributed by atoms with van der Waals surface area (Å²) in [6.45, 7) is 1.97. The number of hydrogen-bond acceptors (Lipinski definition) is 4. The van der Waals surface area contributed by atoms with Crippen LogP contribution in [0.15, 0.2) is 30.3 Å². The van der Waals surface area contributed by atoms with Crippen LogP contribution in [0.3, 0.4) is 0 Å². The Hall–Kier alpha value is -1.69. The zero-order valence-corrected chi connectivity index (χ0v) is 12.9. The minimum absolute atomic E-state index is 0.316. The van der Waals surface area contributed by atoms with E-state index in [1.54, 1.807) is 11.8 Å². The van der Waals surface area contributed by atoms with Gasteiger partial charge in [-0.05, 0) is 36.5 Å². The molecule has 0 saturated heterocycles. The molecule has 0 bridgehead atoms. The molecule has 5 nitrogen and oxygen atoms in total. The van der Waals surface area contributed by atoms with Crippen molar-refractivity contribution >= 4 is 23.6 Å². The van der Waals surface area contributed by atoms with Gasteiger partial charge in [-0.2, -0.15) is 11.8 Å². The summed E-state index contributed by atoms with van der Waals surface area (Å²) < 4.78 is 5.56. The lowest BCUT2D eigenvalue weighted by Crippen LogP contribution is -2.39. The van der Waals surface area contributed by atoms with E-state index in [1.807, 2.05) is 30.3 Å². The second-order valence-electron chi connectivity index (χ2n) is 4.51. The molecule has 0 aromatic heterocycles. The van der Waals surface area contributed by atoms with Gasteiger partial charge < -0.3 is 15.2 Å². The number of benzene rings is 1. The molecule has 116 valence electrons. The number of ether oxygens (including phenoxy) is 1. The van der Waals surface area contributed by atoms with Gasteiger partial charge in [0.2, 0.25) is 5.91 Å². The van der Waals surface area contributed by atoms with E-state index in [0.29, 0.717) is 18.8 Å². The highest BCUT2D eigenvalue weighted by atomic mass is 32.2. The minimum atomic E-state index is -0.988. The fourth-order valence-electron chi connectivity index (χ4n) is 1.67. The quantitative estimate of drug-likeness (QED) is 0.648. The summed E-state index contributed by atoms with van der Waals surface area (Å²) in [5, 5.41) is 11.4. The molecular formula is C15H21NO4S. The Bertz CT molecular complexity index is 439. The van der Waals surface area contributed by atoms with Gasteiger partial charge in [0.05, 0.1) is 6.61 Å². The SMILES string of the molecule is CC(=O)NC(CCSCCCOc1ccccc1)C(=O)O. The van der Waals surface area contributed by atoms with Gasteiger partial charge in [-0.15, -0.1) is 0 Å². The predicted octanol–water partition coefficient (Wildman–Crippen LogP) is 2.17. The predicted molar refractivity (Wildman–Crippen MR) is 83.7 cm³/mol. The van der Waals surface area contributed by atoms with Crippen molar-refractivity contribution in [3.8, 4) is 5.75 Å². The van der Waals surface area contributed by atoms with Crippen LogP contribution in [-0.4, -0.2) is 41.1 Å². The standard InChI is InChI=1S/C15H21NO4S/c1-12(17)16-14(15(18)19)8-11-21-10-5-9-20-13-6-3-2-4-7-13/h2-4,6-7,14H,5,8-11H2,1H3,(H,16,17)(H,18,19). The molecular weight excluding hydrogens is 290 g/mol. The van der Waals surface area contributed by atoms with Crippen molar-refractivity contribution in [3.63, 3.8) is 0 Å². The molecule has 0 fully saturated rings. The highest BCUT2D eigenvalue weighted by Gasteiger charge is 2.17. The summed E-state index contributed by atoms with van der Waals surface area (Å²) in [6.07, 6.45) is 1.33. The zero-order chi connectivity index (χ0) is 15.5. The van der Waals surface area contributed by atoms with Crippen molar-refractivity contribution in [2.45, 2.75) is 25.8 Å². The molecule has 1 unspecified atom stereocenters. The Morgan fingerprint density at radius 2 is 2.00 bits per heavy atom. The topological polar surface area (TPSA) is 75.6 Å². The molecule has 1 aromatic rings. The second-order valence-corrected chi connectivity index (χ2v) is 5.73. The number of rotatable bonds is 10. The van der Waals surface area contributed by atoms with Crippen LogP contribution in [0.4, 0.5) is 0 Å². The first-order chi connectivity index (χ1) is 10.1.